The summed E-state index contributed by atoms with van der Waals surface area (Å²) in [4.78, 5) is 210. The lowest BCUT2D eigenvalue weighted by Crippen LogP contribution is -2.60. The van der Waals surface area contributed by atoms with Gasteiger partial charge in [-0.2, -0.15) is 0 Å². The zero-order valence-corrected chi connectivity index (χ0v) is 60.6. The second-order valence-corrected chi connectivity index (χ2v) is 27.6. The zero-order valence-electron chi connectivity index (χ0n) is 59.8. The van der Waals surface area contributed by atoms with E-state index in [1.54, 1.807) is 44.2 Å². The van der Waals surface area contributed by atoms with Crippen LogP contribution in [0.15, 0.2) is 45.3 Å². The van der Waals surface area contributed by atoms with E-state index in [0.29, 0.717) is 12.0 Å². The molecule has 2 heterocycles. The van der Waals surface area contributed by atoms with Crippen molar-refractivity contribution in [1.29, 1.82) is 0 Å². The van der Waals surface area contributed by atoms with Crippen molar-refractivity contribution in [2.75, 3.05) is 57.3 Å². The minimum absolute atomic E-state index is 0.00124. The number of nitrogens with one attached hydrogen (secondary N) is 11. The first-order valence-corrected chi connectivity index (χ1v) is 36.7. The van der Waals surface area contributed by atoms with Crippen LogP contribution in [-0.4, -0.2) is 228 Å². The van der Waals surface area contributed by atoms with Crippen LogP contribution in [0, 0.1) is 11.8 Å². The van der Waals surface area contributed by atoms with Crippen molar-refractivity contribution in [2.24, 2.45) is 72.7 Å². The maximum Gasteiger partial charge on any atom is 0.305 e. The van der Waals surface area contributed by atoms with Crippen molar-refractivity contribution in [3.63, 3.8) is 0 Å². The van der Waals surface area contributed by atoms with Crippen LogP contribution in [0.1, 0.15) is 141 Å². The predicted octanol–water partition coefficient (Wildman–Crippen LogP) is -6.17. The van der Waals surface area contributed by atoms with Gasteiger partial charge in [0.05, 0.1) is 25.3 Å². The molecule has 0 aromatic heterocycles. The van der Waals surface area contributed by atoms with Gasteiger partial charge in [0.15, 0.2) is 17.9 Å². The number of hydrogen-bond acceptors (Lipinski definition) is 19. The maximum atomic E-state index is 15.1. The molecule has 2 saturated heterocycles. The van der Waals surface area contributed by atoms with E-state index in [9.17, 15) is 62.6 Å². The summed E-state index contributed by atoms with van der Waals surface area (Å²) in [7, 11) is 0. The summed E-state index contributed by atoms with van der Waals surface area (Å²) < 4.78 is 0. The number of carboxylic acids is 1. The Hall–Kier alpha value is -10.1. The lowest BCUT2D eigenvalue weighted by Gasteiger charge is -2.31. The van der Waals surface area contributed by atoms with Crippen LogP contribution in [0.3, 0.4) is 0 Å². The van der Waals surface area contributed by atoms with Gasteiger partial charge < -0.3 is 114 Å². The summed E-state index contributed by atoms with van der Waals surface area (Å²) >= 11 is 0.881. The molecule has 38 nitrogen and oxygen atoms in total. The number of nitrogens with two attached hydrogens (primary N) is 8. The molecule has 0 unspecified atom stereocenters. The average Bonchev–Trinajstić information content (AvgIpc) is 1.61. The molecule has 1 aromatic carbocycles. The highest BCUT2D eigenvalue weighted by atomic mass is 32.2. The van der Waals surface area contributed by atoms with Crippen molar-refractivity contribution in [2.45, 2.75) is 203 Å². The molecule has 0 radical (unpaired) electrons. The van der Waals surface area contributed by atoms with E-state index in [-0.39, 0.29) is 157 Å². The van der Waals surface area contributed by atoms with Crippen molar-refractivity contribution in [3.8, 4) is 0 Å². The van der Waals surface area contributed by atoms with Crippen molar-refractivity contribution in [3.05, 3.63) is 35.9 Å². The number of aliphatic imine (C=N–C) groups is 3. The number of hydrogen-bond donors (Lipinski definition) is 20. The molecule has 39 heteroatoms. The quantitative estimate of drug-likeness (QED) is 0.0246. The Morgan fingerprint density at radius 3 is 1.56 bits per heavy atom. The first-order chi connectivity index (χ1) is 49.9. The molecule has 3 fully saturated rings. The van der Waals surface area contributed by atoms with E-state index < -0.39 is 163 Å². The number of fused-ring (bicyclic) bond motifs is 1. The van der Waals surface area contributed by atoms with Gasteiger partial charge in [-0.3, -0.25) is 82.1 Å². The fourth-order valence-electron chi connectivity index (χ4n) is 12.1. The minimum atomic E-state index is -1.91. The number of rotatable bonds is 25. The third kappa shape index (κ3) is 33.5. The van der Waals surface area contributed by atoms with Crippen LogP contribution in [0.5, 0.6) is 0 Å². The lowest BCUT2D eigenvalue weighted by molar-refractivity contribution is -0.143. The van der Waals surface area contributed by atoms with Crippen LogP contribution in [-0.2, 0) is 73.5 Å². The van der Waals surface area contributed by atoms with Gasteiger partial charge in [0.2, 0.25) is 76.8 Å². The molecule has 0 spiro atoms. The fraction of sp³-hybridized carbons (Fsp3) is 0.652. The van der Waals surface area contributed by atoms with Crippen molar-refractivity contribution < 1.29 is 72.2 Å². The number of benzene rings is 1. The van der Waals surface area contributed by atoms with E-state index in [1.807, 2.05) is 0 Å². The van der Waals surface area contributed by atoms with Gasteiger partial charge >= 0.3 is 5.97 Å². The summed E-state index contributed by atoms with van der Waals surface area (Å²) in [5.74, 6) is -14.8. The molecule has 4 rings (SSSR count). The van der Waals surface area contributed by atoms with E-state index in [0.717, 1.165) is 43.9 Å². The van der Waals surface area contributed by atoms with E-state index in [2.05, 4.69) is 73.5 Å². The highest BCUT2D eigenvalue weighted by molar-refractivity contribution is 8.00. The Labute approximate surface area is 614 Å². The molecule has 0 bridgehead atoms. The molecular weight excluding hydrogens is 1390 g/mol. The number of carbonyl (C=O) groups is 14. The first kappa shape index (κ1) is 87.3. The van der Waals surface area contributed by atoms with E-state index >= 15 is 9.59 Å². The van der Waals surface area contributed by atoms with Crippen LogP contribution in [0.25, 0.3) is 0 Å². The molecule has 13 amide bonds. The smallest absolute Gasteiger partial charge is 0.305 e. The highest BCUT2D eigenvalue weighted by Gasteiger charge is 2.41. The number of aliphatic carboxylic acids is 1. The normalized spacial score (nSPS) is 24.2. The van der Waals surface area contributed by atoms with Crippen molar-refractivity contribution in [1.82, 2.24) is 63.4 Å². The second kappa shape index (κ2) is 46.6. The third-order valence-corrected chi connectivity index (χ3v) is 18.4. The minimum Gasteiger partial charge on any atom is -0.481 e. The summed E-state index contributed by atoms with van der Waals surface area (Å²) in [6, 6.07) is -5.93. The number of carbonyl (C=O) groups excluding carboxylic acids is 13. The number of primary amides is 1. The second-order valence-electron chi connectivity index (χ2n) is 26.6. The zero-order chi connectivity index (χ0) is 77.5. The largest absolute Gasteiger partial charge is 0.481 e. The van der Waals surface area contributed by atoms with E-state index in [4.69, 9.17) is 45.9 Å². The van der Waals surface area contributed by atoms with Gasteiger partial charge in [-0.15, -0.1) is 11.8 Å². The Bertz CT molecular complexity index is 3200. The number of guanidine groups is 3. The van der Waals surface area contributed by atoms with Crippen LogP contribution >= 0.6 is 11.8 Å². The summed E-state index contributed by atoms with van der Waals surface area (Å²) in [5.41, 5.74) is 45.6. The SMILES string of the molecule is CC(C)C[C@@H]1NC(=O)[C@H](CC2CCCCC2)NC(=O)CSC[C@@H](C(N)=O)NC(=O)CNC(=O)CNC(=O)[C@H](CCCN=C(N)N)NC(=O)[C@H](CC(=O)O)NC(=O)[C@H](CCCCN)NC(=O)[C@@H]2CCCN2C(=O)[C@H](CCCN=C(N)N)NC(=O)[C@H](Cc2ccccc2)NC(=O)[C@H](CCCN=C(N)N)NC1=O. The molecule has 105 heavy (non-hydrogen) atoms. The third-order valence-electron chi connectivity index (χ3n) is 17.4. The lowest BCUT2D eigenvalue weighted by atomic mass is 9.84. The Kier molecular flexibility index (Phi) is 38.8. The summed E-state index contributed by atoms with van der Waals surface area (Å²) in [5, 5.41) is 38.5. The highest BCUT2D eigenvalue weighted by Crippen LogP contribution is 2.28. The van der Waals surface area contributed by atoms with Gasteiger partial charge in [-0.1, -0.05) is 76.3 Å². The van der Waals surface area contributed by atoms with Gasteiger partial charge in [0.1, 0.15) is 60.4 Å². The maximum absolute atomic E-state index is 15.1. The van der Waals surface area contributed by atoms with Crippen LogP contribution < -0.4 is 104 Å². The molecule has 3 aliphatic rings. The fourth-order valence-corrected chi connectivity index (χ4v) is 13.0. The Morgan fingerprint density at radius 2 is 1.00 bits per heavy atom. The summed E-state index contributed by atoms with van der Waals surface area (Å²) in [6.45, 7) is 2.13. The number of nitrogens with zero attached hydrogens (tertiary/aromatic N) is 4. The molecule has 1 aliphatic carbocycles. The average molecular weight is 1500 g/mol. The van der Waals surface area contributed by atoms with Crippen LogP contribution in [0.2, 0.25) is 0 Å². The van der Waals surface area contributed by atoms with Gasteiger partial charge in [0.25, 0.3) is 0 Å². The van der Waals surface area contributed by atoms with Gasteiger partial charge in [-0.25, -0.2) is 0 Å². The van der Waals surface area contributed by atoms with Crippen molar-refractivity contribution >= 4 is 112 Å². The monoisotopic (exact) mass is 1500 g/mol. The molecule has 584 valence electrons. The summed E-state index contributed by atoms with van der Waals surface area (Å²) in [6.07, 6.45) is 3.77. The molecule has 1 aromatic rings. The Morgan fingerprint density at radius 1 is 0.514 bits per heavy atom. The van der Waals surface area contributed by atoms with E-state index in [1.165, 1.54) is 4.90 Å². The molecule has 1 saturated carbocycles. The van der Waals surface area contributed by atoms with Gasteiger partial charge in [0, 0.05) is 38.4 Å². The first-order valence-electron chi connectivity index (χ1n) is 35.5. The van der Waals surface area contributed by atoms with Gasteiger partial charge in [-0.05, 0) is 107 Å². The molecule has 10 atom stereocenters. The molecule has 28 N–H and O–H groups in total. The van der Waals surface area contributed by atoms with Crippen LogP contribution in [0.4, 0.5) is 0 Å². The topological polar surface area (TPSA) is 640 Å². The standard InChI is InChI=1S/C66H109N23O15S/c1-37(2)29-44-58(99)83-42(21-12-26-76-65(71)72)57(98)87-46(31-39-17-7-4-8-18-39)60(101)85-43(22-13-27-77-66(73)74)63(104)89-28-14-23-49(89)62(103)84-41(19-9-10-24-67)56(97)88-47(32-53(93)94)61(102)82-40(20-11-25-75-64(69)70)55(96)79-33-50(90)78-34-51(91)81-48(54(68)95)35-105-36-52(92)80-45(59(100)86-44)30-38-15-5-3-6-16-38/h4,7-8,17-18,37-38,40-49H,3,5-6,9-16,19-36,67H2,1-2H3,(H2,68,95)(H,78,90)(H,79,96)(H,80,92)(H,81,91)(H,82,102)(H,83,99)(H,84,103)(H,85,101)(H,86,100)(H,87,98)(H,88,97)(H,93,94)(H4,69,70,75)(H4,71,72,76)(H4,73,74,77)/t40-,41-,42-,43-,44-,45-,46-,47-,48-,49-/m0/s1. The number of unbranched alkanes of at least 4 members (excludes halogenated alkanes) is 1. The molecular formula is C66H109N23O15S. The number of thioether (sulfide) groups is 1. The Balaban J connectivity index is 1.84. The molecule has 2 aliphatic heterocycles. The predicted molar refractivity (Wildman–Crippen MR) is 390 cm³/mol. The number of carboxylic acid groups (broad SMARTS) is 1. The number of amides is 13.